The summed E-state index contributed by atoms with van der Waals surface area (Å²) in [5.74, 6) is -2.21. The molecule has 0 radical (unpaired) electrons. The molecule has 0 aromatic heterocycles. The minimum absolute atomic E-state index is 0.0299. The van der Waals surface area contributed by atoms with Crippen molar-refractivity contribution in [3.05, 3.63) is 63.6 Å². The van der Waals surface area contributed by atoms with Crippen molar-refractivity contribution >= 4 is 64.4 Å². The largest absolute Gasteiger partial charge is 0.458 e. The van der Waals surface area contributed by atoms with Gasteiger partial charge in [-0.15, -0.1) is 0 Å². The number of ether oxygens (including phenoxy) is 25. The number of nitrogens with one attached hydrogen (secondary N) is 4. The Hall–Kier alpha value is -5.12. The molecule has 0 unspecified atom stereocenters. The maximum absolute atomic E-state index is 14.1. The van der Waals surface area contributed by atoms with Gasteiger partial charge in [0.1, 0.15) is 11.6 Å². The van der Waals surface area contributed by atoms with Crippen LogP contribution in [0.3, 0.4) is 0 Å². The normalized spacial score (nSPS) is 12.9. The Morgan fingerprint density at radius 3 is 0.926 bits per heavy atom. The maximum atomic E-state index is 14.1. The van der Waals surface area contributed by atoms with Gasteiger partial charge in [-0.1, -0.05) is 54.2 Å². The predicted octanol–water partition coefficient (Wildman–Crippen LogP) is 4.85. The Kier molecular flexibility index (Phi) is 71.3. The van der Waals surface area contributed by atoms with E-state index in [9.17, 15) is 28.8 Å². The number of halogens is 2. The zero-order chi connectivity index (χ0) is 87.1. The molecule has 3 rings (SSSR count). The van der Waals surface area contributed by atoms with E-state index in [0.717, 1.165) is 18.4 Å². The number of anilines is 1. The molecule has 0 aliphatic heterocycles. The lowest BCUT2D eigenvalue weighted by Crippen LogP contribution is -2.51. The van der Waals surface area contributed by atoms with Crippen LogP contribution in [-0.4, -0.2) is 377 Å². The van der Waals surface area contributed by atoms with Crippen molar-refractivity contribution < 1.29 is 147 Å². The van der Waals surface area contributed by atoms with E-state index in [1.807, 2.05) is 0 Å². The van der Waals surface area contributed by atoms with E-state index in [2.05, 4.69) is 21.3 Å². The Labute approximate surface area is 724 Å². The van der Waals surface area contributed by atoms with E-state index < -0.39 is 34.8 Å². The summed E-state index contributed by atoms with van der Waals surface area (Å²) in [6, 6.07) is 10.8. The van der Waals surface area contributed by atoms with Crippen molar-refractivity contribution in [2.45, 2.75) is 90.2 Å². The van der Waals surface area contributed by atoms with Crippen LogP contribution < -0.4 is 27.0 Å². The van der Waals surface area contributed by atoms with Crippen molar-refractivity contribution in [3.63, 3.8) is 0 Å². The summed E-state index contributed by atoms with van der Waals surface area (Å²) in [5.41, 5.74) is 4.85. The van der Waals surface area contributed by atoms with Crippen LogP contribution in [0.15, 0.2) is 42.5 Å². The first-order valence-corrected chi connectivity index (χ1v) is 42.9. The van der Waals surface area contributed by atoms with Gasteiger partial charge < -0.3 is 145 Å². The van der Waals surface area contributed by atoms with Crippen molar-refractivity contribution in [2.75, 3.05) is 336 Å². The van der Waals surface area contributed by atoms with Crippen LogP contribution in [0.2, 0.25) is 10.0 Å². The molecule has 38 heteroatoms. The molecule has 121 heavy (non-hydrogen) atoms. The quantitative estimate of drug-likeness (QED) is 0.0436. The average Bonchev–Trinajstić information content (AvgIpc) is 1.79. The van der Waals surface area contributed by atoms with Crippen LogP contribution in [0, 0.1) is 5.41 Å². The summed E-state index contributed by atoms with van der Waals surface area (Å²) in [5, 5.41) is 11.8. The van der Waals surface area contributed by atoms with Crippen LogP contribution in [0.5, 0.6) is 0 Å². The van der Waals surface area contributed by atoms with E-state index in [4.69, 9.17) is 147 Å². The van der Waals surface area contributed by atoms with Gasteiger partial charge in [-0.2, -0.15) is 0 Å². The number of hydrogen-bond donors (Lipinski definition) is 5. The van der Waals surface area contributed by atoms with E-state index in [1.54, 1.807) is 63.2 Å². The Bertz CT molecular complexity index is 2820. The van der Waals surface area contributed by atoms with E-state index in [0.29, 0.717) is 342 Å². The van der Waals surface area contributed by atoms with Gasteiger partial charge in [-0.3, -0.25) is 24.0 Å². The van der Waals surface area contributed by atoms with Crippen LogP contribution in [0.1, 0.15) is 88.1 Å². The first-order valence-electron chi connectivity index (χ1n) is 42.1. The molecule has 0 bridgehead atoms. The van der Waals surface area contributed by atoms with Crippen molar-refractivity contribution in [1.82, 2.24) is 16.0 Å². The standard InChI is InChI=1S/C83H141Cl2N5O31/c1-82(2,3)121-80(95)74(69-70-9-11-71(12-10-70)89-79(94)78-72(84)7-6-8-73(78)85)90-81(96)83(16-4-5-17-83)18-19-87-77(93)15-21-97-23-25-99-27-29-101-31-33-103-35-37-105-39-41-107-43-45-109-47-49-111-51-53-113-55-57-115-59-61-117-63-65-119-67-68-120-66-64-118-62-60-116-58-56-114-54-52-112-50-48-110-46-44-108-42-40-106-38-36-104-34-32-102-30-28-100-26-24-98-22-20-88-76(92)14-13-75(86)91/h6-12,74H,4-5,13-69H2,1-3H3,(H2,86,91)(H,87,93)(H,88,92)(H,89,94)(H,90,96)/t74-/m0/s1. The third-order valence-corrected chi connectivity index (χ3v) is 17.6. The summed E-state index contributed by atoms with van der Waals surface area (Å²) in [6.45, 7) is 27.0. The summed E-state index contributed by atoms with van der Waals surface area (Å²) in [7, 11) is 0. The summed E-state index contributed by atoms with van der Waals surface area (Å²) in [4.78, 5) is 75.5. The minimum atomic E-state index is -0.983. The molecule has 0 heterocycles. The smallest absolute Gasteiger partial charge is 0.329 e. The second kappa shape index (κ2) is 78.4. The number of benzene rings is 2. The number of carbonyl (C=O) groups excluding carboxylic acids is 6. The molecule has 5 amide bonds. The molecule has 1 aliphatic rings. The number of nitrogens with two attached hydrogens (primary N) is 1. The fourth-order valence-electron chi connectivity index (χ4n) is 10.8. The van der Waals surface area contributed by atoms with E-state index >= 15 is 0 Å². The van der Waals surface area contributed by atoms with Crippen molar-refractivity contribution in [1.29, 1.82) is 0 Å². The summed E-state index contributed by atoms with van der Waals surface area (Å²) >= 11 is 12.5. The first kappa shape index (κ1) is 110. The number of amides is 5. The van der Waals surface area contributed by atoms with Crippen molar-refractivity contribution in [3.8, 4) is 0 Å². The third kappa shape index (κ3) is 66.0. The Balaban J connectivity index is 0.924. The fourth-order valence-corrected chi connectivity index (χ4v) is 11.4. The van der Waals surface area contributed by atoms with Gasteiger partial charge in [-0.05, 0) is 69.9 Å². The second-order valence-corrected chi connectivity index (χ2v) is 28.7. The summed E-state index contributed by atoms with van der Waals surface area (Å²) < 4.78 is 138. The number of hydrogen-bond acceptors (Lipinski definition) is 31. The van der Waals surface area contributed by atoms with Gasteiger partial charge in [0.05, 0.1) is 338 Å². The lowest BCUT2D eigenvalue weighted by Gasteiger charge is -2.31. The molecule has 1 atom stereocenters. The average molecular weight is 1780 g/mol. The first-order chi connectivity index (χ1) is 59.1. The van der Waals surface area contributed by atoms with Crippen LogP contribution in [0.25, 0.3) is 0 Å². The van der Waals surface area contributed by atoms with Crippen LogP contribution in [0.4, 0.5) is 5.69 Å². The van der Waals surface area contributed by atoms with Gasteiger partial charge in [-0.25, -0.2) is 4.79 Å². The molecular formula is C83H141Cl2N5O31. The number of carbonyl (C=O) groups is 6. The molecular weight excluding hydrogens is 1630 g/mol. The minimum Gasteiger partial charge on any atom is -0.458 e. The molecule has 0 saturated heterocycles. The van der Waals surface area contributed by atoms with Gasteiger partial charge in [0, 0.05) is 44.5 Å². The molecule has 0 spiro atoms. The molecule has 1 aliphatic carbocycles. The lowest BCUT2D eigenvalue weighted by molar-refractivity contribution is -0.159. The number of esters is 1. The van der Waals surface area contributed by atoms with Gasteiger partial charge in [0.15, 0.2) is 0 Å². The van der Waals surface area contributed by atoms with Gasteiger partial charge in [0.25, 0.3) is 5.91 Å². The molecule has 698 valence electrons. The van der Waals surface area contributed by atoms with E-state index in [-0.39, 0.29) is 72.2 Å². The number of rotatable bonds is 88. The summed E-state index contributed by atoms with van der Waals surface area (Å²) in [6.07, 6.45) is 3.77. The lowest BCUT2D eigenvalue weighted by atomic mass is 9.81. The highest BCUT2D eigenvalue weighted by Gasteiger charge is 2.43. The molecule has 1 saturated carbocycles. The molecule has 6 N–H and O–H groups in total. The Morgan fingerprint density at radius 2 is 0.636 bits per heavy atom. The third-order valence-electron chi connectivity index (χ3n) is 17.0. The number of primary amides is 1. The molecule has 2 aromatic rings. The zero-order valence-corrected chi connectivity index (χ0v) is 73.3. The monoisotopic (exact) mass is 1770 g/mol. The second-order valence-electron chi connectivity index (χ2n) is 27.9. The van der Waals surface area contributed by atoms with Crippen LogP contribution >= 0.6 is 23.2 Å². The topological polar surface area (TPSA) is 407 Å². The highest BCUT2D eigenvalue weighted by atomic mass is 35.5. The highest BCUT2D eigenvalue weighted by Crippen LogP contribution is 2.41. The van der Waals surface area contributed by atoms with Gasteiger partial charge in [0.2, 0.25) is 23.6 Å². The van der Waals surface area contributed by atoms with Gasteiger partial charge >= 0.3 is 5.97 Å². The molecule has 36 nitrogen and oxygen atoms in total. The Morgan fingerprint density at radius 1 is 0.364 bits per heavy atom. The predicted molar refractivity (Wildman–Crippen MR) is 447 cm³/mol. The fraction of sp³-hybridized carbons (Fsp3) is 0.783. The maximum Gasteiger partial charge on any atom is 0.329 e. The zero-order valence-electron chi connectivity index (χ0n) is 71.8. The SMILES string of the molecule is CC(C)(C)OC(=O)[C@H](Cc1ccc(NC(=O)c2c(Cl)cccc2Cl)cc1)NC(=O)C1(CCNC(=O)CCOCCOCCOCCOCCOCCOCCOCCOCCOCCOCCOCCOCCOCCOCCOCCOCCOCCOCCOCCOCCOCCOCCOCCOCCNC(=O)CCC(N)=O)CCCC1. The van der Waals surface area contributed by atoms with E-state index in [1.165, 1.54) is 0 Å². The molecule has 2 aromatic carbocycles. The molecule has 1 fully saturated rings. The van der Waals surface area contributed by atoms with Crippen molar-refractivity contribution in [2.24, 2.45) is 11.1 Å². The van der Waals surface area contributed by atoms with Crippen LogP contribution in [-0.2, 0) is 149 Å². The highest BCUT2D eigenvalue weighted by molar-refractivity contribution is 6.40.